The highest BCUT2D eigenvalue weighted by Gasteiger charge is 2.20. The van der Waals surface area contributed by atoms with Crippen LogP contribution in [0, 0.1) is 6.92 Å². The molecule has 1 fully saturated rings. The molecule has 0 atom stereocenters. The minimum absolute atomic E-state index is 0. The van der Waals surface area contributed by atoms with Gasteiger partial charge in [-0.1, -0.05) is 43.7 Å². The summed E-state index contributed by atoms with van der Waals surface area (Å²) < 4.78 is 0. The molecule has 2 rings (SSSR count). The lowest BCUT2D eigenvalue weighted by atomic mass is 10.0. The van der Waals surface area contributed by atoms with E-state index in [2.05, 4.69) is 70.5 Å². The summed E-state index contributed by atoms with van der Waals surface area (Å²) >= 11 is 0. The third-order valence-corrected chi connectivity index (χ3v) is 5.35. The third kappa shape index (κ3) is 9.09. The number of aryl methyl sites for hydroxylation is 1. The third-order valence-electron chi connectivity index (χ3n) is 5.35. The highest BCUT2D eigenvalue weighted by atomic mass is 127. The van der Waals surface area contributed by atoms with E-state index in [1.165, 1.54) is 36.9 Å². The largest absolute Gasteiger partial charge is 0.355 e. The summed E-state index contributed by atoms with van der Waals surface area (Å²) in [6.45, 7) is 14.3. The minimum atomic E-state index is 0. The first-order chi connectivity index (χ1) is 13.1. The standard InChI is InChI=1S/C22H39N5.HI/c1-5-13-26(6-2)16-12-24-22(23-4)25-21-10-14-27(15-11-21)18-20-9-7-8-19(3)17-20;/h7-9,17,21H,5-6,10-16,18H2,1-4H3,(H2,23,24,25);1H. The van der Waals surface area contributed by atoms with Crippen molar-refractivity contribution >= 4 is 29.9 Å². The Labute approximate surface area is 189 Å². The van der Waals surface area contributed by atoms with Gasteiger partial charge in [0, 0.05) is 45.8 Å². The molecular weight excluding hydrogens is 461 g/mol. The van der Waals surface area contributed by atoms with Crippen LogP contribution in [-0.4, -0.2) is 68.1 Å². The summed E-state index contributed by atoms with van der Waals surface area (Å²) in [5, 5.41) is 7.10. The number of nitrogens with zero attached hydrogens (tertiary/aromatic N) is 3. The highest BCUT2D eigenvalue weighted by molar-refractivity contribution is 14.0. The first-order valence-electron chi connectivity index (χ1n) is 10.6. The number of likely N-dealkylation sites (N-methyl/N-ethyl adjacent to an activating group) is 1. The molecule has 0 spiro atoms. The Morgan fingerprint density at radius 2 is 1.96 bits per heavy atom. The molecule has 0 amide bonds. The molecule has 0 saturated carbocycles. The summed E-state index contributed by atoms with van der Waals surface area (Å²) in [5.74, 6) is 0.944. The molecule has 1 aromatic rings. The van der Waals surface area contributed by atoms with Gasteiger partial charge in [0.25, 0.3) is 0 Å². The van der Waals surface area contributed by atoms with Gasteiger partial charge < -0.3 is 15.5 Å². The number of aliphatic imine (C=N–C) groups is 1. The van der Waals surface area contributed by atoms with Crippen molar-refractivity contribution in [1.82, 2.24) is 20.4 Å². The van der Waals surface area contributed by atoms with Crippen molar-refractivity contribution in [2.75, 3.05) is 46.3 Å². The van der Waals surface area contributed by atoms with Gasteiger partial charge in [0.15, 0.2) is 5.96 Å². The molecule has 2 N–H and O–H groups in total. The molecule has 0 aromatic heterocycles. The van der Waals surface area contributed by atoms with Gasteiger partial charge in [-0.3, -0.25) is 9.89 Å². The van der Waals surface area contributed by atoms with E-state index in [4.69, 9.17) is 0 Å². The van der Waals surface area contributed by atoms with E-state index in [1.807, 2.05) is 7.05 Å². The Balaban J connectivity index is 0.00000392. The molecule has 5 nitrogen and oxygen atoms in total. The summed E-state index contributed by atoms with van der Waals surface area (Å²) in [6, 6.07) is 9.38. The van der Waals surface area contributed by atoms with Crippen LogP contribution in [0.4, 0.5) is 0 Å². The number of rotatable bonds is 9. The van der Waals surface area contributed by atoms with Gasteiger partial charge in [-0.2, -0.15) is 0 Å². The van der Waals surface area contributed by atoms with E-state index >= 15 is 0 Å². The second-order valence-electron chi connectivity index (χ2n) is 7.62. The van der Waals surface area contributed by atoms with Gasteiger partial charge >= 0.3 is 0 Å². The average molecular weight is 502 g/mol. The fourth-order valence-electron chi connectivity index (χ4n) is 3.77. The molecule has 1 aliphatic heterocycles. The molecule has 160 valence electrons. The zero-order valence-corrected chi connectivity index (χ0v) is 20.5. The predicted molar refractivity (Wildman–Crippen MR) is 132 cm³/mol. The van der Waals surface area contributed by atoms with Crippen LogP contribution in [0.3, 0.4) is 0 Å². The van der Waals surface area contributed by atoms with Crippen LogP contribution in [0.1, 0.15) is 44.2 Å². The maximum absolute atomic E-state index is 4.41. The van der Waals surface area contributed by atoms with E-state index in [1.54, 1.807) is 0 Å². The number of hydrogen-bond acceptors (Lipinski definition) is 3. The van der Waals surface area contributed by atoms with Crippen LogP contribution in [0.25, 0.3) is 0 Å². The number of benzene rings is 1. The molecular formula is C22H40IN5. The number of hydrogen-bond donors (Lipinski definition) is 2. The molecule has 1 saturated heterocycles. The monoisotopic (exact) mass is 501 g/mol. The Morgan fingerprint density at radius 3 is 2.57 bits per heavy atom. The maximum atomic E-state index is 4.41. The van der Waals surface area contributed by atoms with Crippen molar-refractivity contribution in [3.8, 4) is 0 Å². The fraction of sp³-hybridized carbons (Fsp3) is 0.682. The first kappa shape index (κ1) is 25.2. The highest BCUT2D eigenvalue weighted by Crippen LogP contribution is 2.14. The van der Waals surface area contributed by atoms with E-state index < -0.39 is 0 Å². The number of guanidine groups is 1. The van der Waals surface area contributed by atoms with Crippen molar-refractivity contribution in [2.24, 2.45) is 4.99 Å². The second-order valence-corrected chi connectivity index (χ2v) is 7.62. The molecule has 0 radical (unpaired) electrons. The molecule has 0 aliphatic carbocycles. The van der Waals surface area contributed by atoms with E-state index in [0.717, 1.165) is 45.2 Å². The van der Waals surface area contributed by atoms with Gasteiger partial charge in [0.1, 0.15) is 0 Å². The minimum Gasteiger partial charge on any atom is -0.355 e. The van der Waals surface area contributed by atoms with E-state index in [0.29, 0.717) is 6.04 Å². The summed E-state index contributed by atoms with van der Waals surface area (Å²) in [4.78, 5) is 9.45. The normalized spacial score (nSPS) is 16.1. The number of piperidine rings is 1. The smallest absolute Gasteiger partial charge is 0.191 e. The average Bonchev–Trinajstić information content (AvgIpc) is 2.68. The molecule has 1 heterocycles. The summed E-state index contributed by atoms with van der Waals surface area (Å²) in [7, 11) is 1.87. The SMILES string of the molecule is CCCN(CC)CCNC(=NC)NC1CCN(Cc2cccc(C)c2)CC1.I. The lowest BCUT2D eigenvalue weighted by Crippen LogP contribution is -2.49. The van der Waals surface area contributed by atoms with Crippen LogP contribution in [-0.2, 0) is 6.54 Å². The van der Waals surface area contributed by atoms with E-state index in [-0.39, 0.29) is 24.0 Å². The van der Waals surface area contributed by atoms with Crippen molar-refractivity contribution in [1.29, 1.82) is 0 Å². The van der Waals surface area contributed by atoms with Gasteiger partial charge in [0.2, 0.25) is 0 Å². The second kappa shape index (κ2) is 14.2. The number of halogens is 1. The molecule has 6 heteroatoms. The van der Waals surface area contributed by atoms with Gasteiger partial charge in [0.05, 0.1) is 0 Å². The van der Waals surface area contributed by atoms with Crippen molar-refractivity contribution in [2.45, 2.75) is 52.6 Å². The number of likely N-dealkylation sites (tertiary alicyclic amines) is 1. The van der Waals surface area contributed by atoms with E-state index in [9.17, 15) is 0 Å². The molecule has 1 aliphatic rings. The Kier molecular flexibility index (Phi) is 12.7. The van der Waals surface area contributed by atoms with Crippen LogP contribution < -0.4 is 10.6 Å². The topological polar surface area (TPSA) is 42.9 Å². The van der Waals surface area contributed by atoms with Gasteiger partial charge in [-0.15, -0.1) is 24.0 Å². The quantitative estimate of drug-likeness (QED) is 0.309. The van der Waals surface area contributed by atoms with Crippen molar-refractivity contribution < 1.29 is 0 Å². The van der Waals surface area contributed by atoms with Crippen LogP contribution in [0.5, 0.6) is 0 Å². The van der Waals surface area contributed by atoms with Crippen molar-refractivity contribution in [3.63, 3.8) is 0 Å². The zero-order chi connectivity index (χ0) is 19.5. The van der Waals surface area contributed by atoms with Gasteiger partial charge in [-0.25, -0.2) is 0 Å². The Bertz CT molecular complexity index is 570. The fourth-order valence-corrected chi connectivity index (χ4v) is 3.77. The molecule has 0 bridgehead atoms. The first-order valence-corrected chi connectivity index (χ1v) is 10.6. The number of nitrogens with one attached hydrogen (secondary N) is 2. The molecule has 0 unspecified atom stereocenters. The predicted octanol–water partition coefficient (Wildman–Crippen LogP) is 3.47. The summed E-state index contributed by atoms with van der Waals surface area (Å²) in [6.07, 6.45) is 3.55. The van der Waals surface area contributed by atoms with Crippen LogP contribution in [0.15, 0.2) is 29.3 Å². The lowest BCUT2D eigenvalue weighted by molar-refractivity contribution is 0.198. The van der Waals surface area contributed by atoms with Gasteiger partial charge in [-0.05, 0) is 44.8 Å². The molecule has 28 heavy (non-hydrogen) atoms. The van der Waals surface area contributed by atoms with Crippen LogP contribution in [0.2, 0.25) is 0 Å². The Hall–Kier alpha value is -0.860. The lowest BCUT2D eigenvalue weighted by Gasteiger charge is -2.33. The summed E-state index contributed by atoms with van der Waals surface area (Å²) in [5.41, 5.74) is 2.77. The van der Waals surface area contributed by atoms with Crippen LogP contribution >= 0.6 is 24.0 Å². The van der Waals surface area contributed by atoms with Crippen molar-refractivity contribution in [3.05, 3.63) is 35.4 Å². The zero-order valence-electron chi connectivity index (χ0n) is 18.2. The Morgan fingerprint density at radius 1 is 1.21 bits per heavy atom. The molecule has 1 aromatic carbocycles. The maximum Gasteiger partial charge on any atom is 0.191 e.